The molecule has 0 aliphatic carbocycles. The molecule has 0 saturated carbocycles. The first-order valence-electron chi connectivity index (χ1n) is 14.1. The average Bonchev–Trinajstić information content (AvgIpc) is 3.55. The van der Waals surface area contributed by atoms with Crippen LogP contribution in [0.15, 0.2) is 12.3 Å². The summed E-state index contributed by atoms with van der Waals surface area (Å²) >= 11 is 0. The molecule has 2 atom stereocenters. The van der Waals surface area contributed by atoms with Crippen molar-refractivity contribution in [2.75, 3.05) is 51.4 Å². The Balaban J connectivity index is 0.000000287. The first-order valence-corrected chi connectivity index (χ1v) is 14.1. The normalized spacial score (nSPS) is 18.8. The summed E-state index contributed by atoms with van der Waals surface area (Å²) in [6.45, 7) is 10.8. The SMILES string of the molecule is CCC1CC(F)CN1CC.COc1nc2c3c(nc(-c4c(C)c(C)cc5[nH]ncc45)c(F)c3n1)OCCN2CCO. The molecule has 2 N–H and O–H groups in total. The van der Waals surface area contributed by atoms with Crippen molar-refractivity contribution in [3.8, 4) is 23.1 Å². The van der Waals surface area contributed by atoms with E-state index >= 15 is 4.39 Å². The van der Waals surface area contributed by atoms with Crippen molar-refractivity contribution in [3.63, 3.8) is 0 Å². The molecule has 1 aromatic carbocycles. The van der Waals surface area contributed by atoms with Crippen LogP contribution in [0, 0.1) is 19.7 Å². The topological polar surface area (TPSA) is 113 Å². The van der Waals surface area contributed by atoms with Crippen LogP contribution in [0.1, 0.15) is 37.8 Å². The largest absolute Gasteiger partial charge is 0.475 e. The number of fused-ring (bicyclic) bond motifs is 1. The van der Waals surface area contributed by atoms with E-state index in [1.165, 1.54) is 7.11 Å². The number of alkyl halides is 1. The second-order valence-corrected chi connectivity index (χ2v) is 10.4. The molecule has 41 heavy (non-hydrogen) atoms. The Kier molecular flexibility index (Phi) is 8.50. The maximum atomic E-state index is 16.0. The van der Waals surface area contributed by atoms with E-state index in [2.05, 4.69) is 43.9 Å². The Bertz CT molecular complexity index is 1530. The van der Waals surface area contributed by atoms with E-state index in [1.807, 2.05) is 24.8 Å². The molecule has 10 nitrogen and oxygen atoms in total. The molecule has 0 spiro atoms. The van der Waals surface area contributed by atoms with Crippen LogP contribution < -0.4 is 14.4 Å². The van der Waals surface area contributed by atoms with Gasteiger partial charge < -0.3 is 19.5 Å². The molecule has 12 heteroatoms. The van der Waals surface area contributed by atoms with Gasteiger partial charge in [0.15, 0.2) is 5.82 Å². The minimum atomic E-state index is -0.591. The van der Waals surface area contributed by atoms with Crippen molar-refractivity contribution >= 4 is 27.6 Å². The van der Waals surface area contributed by atoms with Gasteiger partial charge in [-0.15, -0.1) is 0 Å². The van der Waals surface area contributed by atoms with E-state index < -0.39 is 12.0 Å². The van der Waals surface area contributed by atoms with E-state index in [9.17, 15) is 9.50 Å². The molecular formula is C29H37F2N7O3. The van der Waals surface area contributed by atoms with Crippen molar-refractivity contribution in [3.05, 3.63) is 29.2 Å². The maximum Gasteiger partial charge on any atom is 0.318 e. The van der Waals surface area contributed by atoms with E-state index in [1.54, 1.807) is 6.20 Å². The number of H-pyrrole nitrogens is 1. The van der Waals surface area contributed by atoms with Crippen molar-refractivity contribution in [2.45, 2.75) is 52.8 Å². The summed E-state index contributed by atoms with van der Waals surface area (Å²) in [5.41, 5.74) is 3.50. The first-order chi connectivity index (χ1) is 19.8. The number of rotatable bonds is 6. The van der Waals surface area contributed by atoms with Gasteiger partial charge in [0.05, 0.1) is 32.0 Å². The van der Waals surface area contributed by atoms with E-state index in [-0.39, 0.29) is 29.7 Å². The van der Waals surface area contributed by atoms with Crippen molar-refractivity contribution in [2.24, 2.45) is 0 Å². The highest BCUT2D eigenvalue weighted by Crippen LogP contribution is 2.41. The number of benzene rings is 1. The number of aliphatic hydroxyl groups is 1. The number of hydrogen-bond donors (Lipinski definition) is 2. The van der Waals surface area contributed by atoms with Gasteiger partial charge in [0.2, 0.25) is 5.88 Å². The van der Waals surface area contributed by atoms with Crippen molar-refractivity contribution in [1.82, 2.24) is 30.0 Å². The van der Waals surface area contributed by atoms with Crippen molar-refractivity contribution < 1.29 is 23.4 Å². The maximum absolute atomic E-state index is 16.0. The molecular weight excluding hydrogens is 532 g/mol. The number of nitrogens with zero attached hydrogens (tertiary/aromatic N) is 6. The van der Waals surface area contributed by atoms with Gasteiger partial charge in [-0.1, -0.05) is 13.8 Å². The number of aliphatic hydroxyl groups excluding tert-OH is 1. The first kappa shape index (κ1) is 28.9. The van der Waals surface area contributed by atoms with Gasteiger partial charge in [0, 0.05) is 30.1 Å². The average molecular weight is 570 g/mol. The van der Waals surface area contributed by atoms with Crippen LogP contribution in [0.3, 0.4) is 0 Å². The summed E-state index contributed by atoms with van der Waals surface area (Å²) in [6.07, 6.45) is 2.94. The molecule has 0 bridgehead atoms. The third kappa shape index (κ3) is 5.38. The number of aromatic amines is 1. The summed E-state index contributed by atoms with van der Waals surface area (Å²) in [4.78, 5) is 17.3. The Morgan fingerprint density at radius 2 is 2.02 bits per heavy atom. The standard InChI is InChI=1S/C21H21FN6O3.C8H16FN/c1-10-8-13-12(9-23-27-13)14(11(10)2)17-16(22)18-15-19(26-21(25-18)30-3)28(4-6-29)5-7-31-20(15)24-17;1-3-8-5-7(9)6-10(8)4-2/h8-9,29H,4-7H2,1-3H3,(H,23,27);7-8H,3-6H2,1-2H3. The third-order valence-corrected chi connectivity index (χ3v) is 8.02. The fraction of sp³-hybridized carbons (Fsp3) is 0.517. The van der Waals surface area contributed by atoms with E-state index in [0.29, 0.717) is 49.1 Å². The number of pyridine rings is 1. The summed E-state index contributed by atoms with van der Waals surface area (Å²) in [5, 5.41) is 17.7. The fourth-order valence-electron chi connectivity index (χ4n) is 5.76. The molecule has 5 heterocycles. The predicted octanol–water partition coefficient (Wildman–Crippen LogP) is 4.35. The predicted molar refractivity (Wildman–Crippen MR) is 154 cm³/mol. The van der Waals surface area contributed by atoms with Gasteiger partial charge in [0.1, 0.15) is 35.2 Å². The second-order valence-electron chi connectivity index (χ2n) is 10.4. The van der Waals surface area contributed by atoms with E-state index in [4.69, 9.17) is 9.47 Å². The van der Waals surface area contributed by atoms with Gasteiger partial charge in [-0.3, -0.25) is 10.00 Å². The minimum Gasteiger partial charge on any atom is -0.475 e. The molecule has 1 fully saturated rings. The number of hydrogen-bond acceptors (Lipinski definition) is 9. The number of β-amino-alcohol motifs (C(OH)–C–C–N with tert-alkyl or cyclic N) is 1. The molecule has 2 aliphatic rings. The Morgan fingerprint density at radius 1 is 1.22 bits per heavy atom. The number of halogens is 2. The number of anilines is 1. The molecule has 6 rings (SSSR count). The van der Waals surface area contributed by atoms with Crippen LogP contribution in [0.2, 0.25) is 0 Å². The highest BCUT2D eigenvalue weighted by molar-refractivity contribution is 6.01. The zero-order valence-electron chi connectivity index (χ0n) is 24.2. The van der Waals surface area contributed by atoms with E-state index in [0.717, 1.165) is 41.4 Å². The number of nitrogens with one attached hydrogen (secondary N) is 1. The van der Waals surface area contributed by atoms with Crippen LogP contribution in [-0.2, 0) is 0 Å². The molecule has 0 radical (unpaired) electrons. The number of methoxy groups -OCH3 is 1. The van der Waals surface area contributed by atoms with Crippen LogP contribution in [0.25, 0.3) is 33.1 Å². The van der Waals surface area contributed by atoms with Crippen LogP contribution >= 0.6 is 0 Å². The lowest BCUT2D eigenvalue weighted by molar-refractivity contribution is 0.251. The molecule has 2 aliphatic heterocycles. The number of ether oxygens (including phenoxy) is 2. The molecule has 2 unspecified atom stereocenters. The molecule has 220 valence electrons. The number of aromatic nitrogens is 5. The minimum absolute atomic E-state index is 0.0313. The van der Waals surface area contributed by atoms with Gasteiger partial charge in [-0.05, 0) is 50.4 Å². The number of aryl methyl sites for hydroxylation is 1. The zero-order chi connectivity index (χ0) is 29.3. The van der Waals surface area contributed by atoms with Crippen LogP contribution in [0.5, 0.6) is 11.9 Å². The summed E-state index contributed by atoms with van der Waals surface area (Å²) < 4.78 is 39.9. The zero-order valence-corrected chi connectivity index (χ0v) is 24.2. The lowest BCUT2D eigenvalue weighted by Crippen LogP contribution is -2.30. The quantitative estimate of drug-likeness (QED) is 0.350. The molecule has 4 aromatic rings. The Hall–Kier alpha value is -3.64. The van der Waals surface area contributed by atoms with Crippen LogP contribution in [0.4, 0.5) is 14.6 Å². The molecule has 0 amide bonds. The summed E-state index contributed by atoms with van der Waals surface area (Å²) in [5.74, 6) is 0.0872. The van der Waals surface area contributed by atoms with Crippen molar-refractivity contribution in [1.29, 1.82) is 0 Å². The second kappa shape index (κ2) is 12.1. The van der Waals surface area contributed by atoms with Gasteiger partial charge >= 0.3 is 6.01 Å². The Labute approximate surface area is 237 Å². The lowest BCUT2D eigenvalue weighted by Gasteiger charge is -2.21. The van der Waals surface area contributed by atoms with Gasteiger partial charge in [0.25, 0.3) is 0 Å². The summed E-state index contributed by atoms with van der Waals surface area (Å²) in [6, 6.07) is 2.52. The highest BCUT2D eigenvalue weighted by atomic mass is 19.1. The Morgan fingerprint density at radius 3 is 2.71 bits per heavy atom. The monoisotopic (exact) mass is 569 g/mol. The molecule has 3 aromatic heterocycles. The fourth-order valence-corrected chi connectivity index (χ4v) is 5.76. The third-order valence-electron chi connectivity index (χ3n) is 8.02. The van der Waals surface area contributed by atoms with Crippen LogP contribution in [-0.4, -0.2) is 93.9 Å². The smallest absolute Gasteiger partial charge is 0.318 e. The summed E-state index contributed by atoms with van der Waals surface area (Å²) in [7, 11) is 1.43. The highest BCUT2D eigenvalue weighted by Gasteiger charge is 2.30. The number of likely N-dealkylation sites (tertiary alicyclic amines) is 1. The van der Waals surface area contributed by atoms with Gasteiger partial charge in [-0.25, -0.2) is 13.8 Å². The van der Waals surface area contributed by atoms with Gasteiger partial charge in [-0.2, -0.15) is 15.1 Å². The lowest BCUT2D eigenvalue weighted by atomic mass is 9.96. The molecule has 1 saturated heterocycles.